The normalized spacial score (nSPS) is 12.5. The first kappa shape index (κ1) is 15.0. The molecule has 1 N–H and O–H groups in total. The molecule has 0 saturated carbocycles. The monoisotopic (exact) mass is 269 g/mol. The smallest absolute Gasteiger partial charge is 0.229 e. The lowest BCUT2D eigenvalue weighted by Crippen LogP contribution is -2.18. The van der Waals surface area contributed by atoms with Crippen LogP contribution >= 0.6 is 0 Å². The van der Waals surface area contributed by atoms with Crippen LogP contribution in [0.4, 0.5) is 5.69 Å². The van der Waals surface area contributed by atoms with Gasteiger partial charge in [-0.3, -0.25) is 4.72 Å². The predicted octanol–water partition coefficient (Wildman–Crippen LogP) is 3.31. The Morgan fingerprint density at radius 2 is 1.83 bits per heavy atom. The summed E-state index contributed by atoms with van der Waals surface area (Å²) in [5.74, 6) is 0. The van der Waals surface area contributed by atoms with Gasteiger partial charge in [-0.2, -0.15) is 0 Å². The summed E-state index contributed by atoms with van der Waals surface area (Å²) in [5.41, 5.74) is 2.80. The van der Waals surface area contributed by atoms with E-state index in [1.807, 2.05) is 12.1 Å². The van der Waals surface area contributed by atoms with Crippen molar-refractivity contribution in [3.63, 3.8) is 0 Å². The second-order valence-corrected chi connectivity index (χ2v) is 7.50. The highest BCUT2D eigenvalue weighted by molar-refractivity contribution is 7.92. The maximum Gasteiger partial charge on any atom is 0.229 e. The number of anilines is 1. The average Bonchev–Trinajstić information content (AvgIpc) is 2.13. The van der Waals surface area contributed by atoms with E-state index in [4.69, 9.17) is 0 Å². The minimum Gasteiger partial charge on any atom is -0.283 e. The Hall–Kier alpha value is -1.03. The Balaban J connectivity index is 3.27. The van der Waals surface area contributed by atoms with E-state index in [2.05, 4.69) is 38.5 Å². The third kappa shape index (κ3) is 4.33. The highest BCUT2D eigenvalue weighted by atomic mass is 32.2. The van der Waals surface area contributed by atoms with Crippen LogP contribution in [-0.2, 0) is 21.9 Å². The number of nitrogens with one attached hydrogen (secondary N) is 1. The summed E-state index contributed by atoms with van der Waals surface area (Å²) >= 11 is 0. The number of sulfonamides is 1. The Kier molecular flexibility index (Phi) is 4.43. The van der Waals surface area contributed by atoms with Gasteiger partial charge >= 0.3 is 0 Å². The molecule has 0 heterocycles. The first-order valence-corrected chi connectivity index (χ1v) is 8.14. The van der Waals surface area contributed by atoms with Crippen molar-refractivity contribution in [2.45, 2.75) is 46.0 Å². The molecular formula is C14H23NO2S. The molecular weight excluding hydrogens is 246 g/mol. The minimum absolute atomic E-state index is 0.0855. The summed E-state index contributed by atoms with van der Waals surface area (Å²) in [5, 5.41) is 0. The molecule has 1 aromatic rings. The summed E-state index contributed by atoms with van der Waals surface area (Å²) in [4.78, 5) is 0. The molecule has 0 fully saturated rings. The molecule has 18 heavy (non-hydrogen) atoms. The molecule has 0 aromatic heterocycles. The van der Waals surface area contributed by atoms with Crippen LogP contribution in [-0.4, -0.2) is 14.7 Å². The molecule has 0 amide bonds. The molecule has 0 spiro atoms. The van der Waals surface area contributed by atoms with Crippen LogP contribution in [0.1, 0.15) is 45.2 Å². The second-order valence-electron chi connectivity index (χ2n) is 5.75. The molecule has 0 atom stereocenters. The van der Waals surface area contributed by atoms with Crippen LogP contribution in [0.3, 0.4) is 0 Å². The van der Waals surface area contributed by atoms with Gasteiger partial charge in [0.15, 0.2) is 0 Å². The van der Waals surface area contributed by atoms with Gasteiger partial charge < -0.3 is 0 Å². The Morgan fingerprint density at radius 1 is 1.22 bits per heavy atom. The van der Waals surface area contributed by atoms with E-state index >= 15 is 0 Å². The number of benzene rings is 1. The zero-order valence-electron chi connectivity index (χ0n) is 11.9. The minimum atomic E-state index is -3.24. The summed E-state index contributed by atoms with van der Waals surface area (Å²) in [6.45, 7) is 8.35. The maximum atomic E-state index is 11.4. The van der Waals surface area contributed by atoms with Crippen molar-refractivity contribution in [2.75, 3.05) is 11.0 Å². The highest BCUT2D eigenvalue weighted by Gasteiger charge is 2.19. The fourth-order valence-corrected chi connectivity index (χ4v) is 2.54. The summed E-state index contributed by atoms with van der Waals surface area (Å²) < 4.78 is 25.5. The zero-order chi connectivity index (χ0) is 14.0. The first-order chi connectivity index (χ1) is 8.13. The van der Waals surface area contributed by atoms with Crippen LogP contribution in [0.15, 0.2) is 18.2 Å². The van der Waals surface area contributed by atoms with Gasteiger partial charge in [0, 0.05) is 0 Å². The van der Waals surface area contributed by atoms with Gasteiger partial charge in [-0.1, -0.05) is 46.2 Å². The van der Waals surface area contributed by atoms with E-state index in [0.29, 0.717) is 5.69 Å². The molecule has 4 heteroatoms. The van der Waals surface area contributed by atoms with E-state index in [-0.39, 0.29) is 5.41 Å². The molecule has 0 radical (unpaired) electrons. The zero-order valence-corrected chi connectivity index (χ0v) is 12.7. The van der Waals surface area contributed by atoms with Crippen molar-refractivity contribution in [3.05, 3.63) is 29.3 Å². The molecule has 0 unspecified atom stereocenters. The standard InChI is InChI=1S/C14H23NO2S/c1-6-7-11-8-9-12(14(2,3)4)13(10-11)15-18(5,16)17/h8-10,15H,6-7H2,1-5H3. The Morgan fingerprint density at radius 3 is 2.28 bits per heavy atom. The number of hydrogen-bond donors (Lipinski definition) is 1. The highest BCUT2D eigenvalue weighted by Crippen LogP contribution is 2.31. The molecule has 1 aromatic carbocycles. The first-order valence-electron chi connectivity index (χ1n) is 6.24. The van der Waals surface area contributed by atoms with Crippen molar-refractivity contribution < 1.29 is 8.42 Å². The van der Waals surface area contributed by atoms with Crippen LogP contribution < -0.4 is 4.72 Å². The van der Waals surface area contributed by atoms with Gasteiger partial charge in [-0.15, -0.1) is 0 Å². The summed E-state index contributed by atoms with van der Waals surface area (Å²) in [6, 6.07) is 6.06. The third-order valence-corrected chi connectivity index (χ3v) is 3.32. The van der Waals surface area contributed by atoms with Crippen LogP contribution in [0.25, 0.3) is 0 Å². The topological polar surface area (TPSA) is 46.2 Å². The molecule has 0 bridgehead atoms. The van der Waals surface area contributed by atoms with Crippen molar-refractivity contribution >= 4 is 15.7 Å². The quantitative estimate of drug-likeness (QED) is 0.911. The second kappa shape index (κ2) is 5.31. The SMILES string of the molecule is CCCc1ccc(C(C)(C)C)c(NS(C)(=O)=O)c1. The van der Waals surface area contributed by atoms with Crippen LogP contribution in [0.5, 0.6) is 0 Å². The van der Waals surface area contributed by atoms with Gasteiger partial charge in [0.1, 0.15) is 0 Å². The van der Waals surface area contributed by atoms with E-state index in [1.165, 1.54) is 6.26 Å². The lowest BCUT2D eigenvalue weighted by molar-refractivity contribution is 0.590. The fourth-order valence-electron chi connectivity index (χ4n) is 1.97. The van der Waals surface area contributed by atoms with Gasteiger partial charge in [0.2, 0.25) is 10.0 Å². The molecule has 3 nitrogen and oxygen atoms in total. The molecule has 1 rings (SSSR count). The summed E-state index contributed by atoms with van der Waals surface area (Å²) in [7, 11) is -3.24. The number of hydrogen-bond acceptors (Lipinski definition) is 2. The van der Waals surface area contributed by atoms with Gasteiger partial charge in [0.05, 0.1) is 11.9 Å². The Labute approximate surface area is 111 Å². The molecule has 0 aliphatic heterocycles. The predicted molar refractivity (Wildman–Crippen MR) is 77.6 cm³/mol. The van der Waals surface area contributed by atoms with Gasteiger partial charge in [0.25, 0.3) is 0 Å². The van der Waals surface area contributed by atoms with Crippen molar-refractivity contribution in [2.24, 2.45) is 0 Å². The average molecular weight is 269 g/mol. The van der Waals surface area contributed by atoms with E-state index < -0.39 is 10.0 Å². The largest absolute Gasteiger partial charge is 0.283 e. The fraction of sp³-hybridized carbons (Fsp3) is 0.571. The van der Waals surface area contributed by atoms with E-state index in [0.717, 1.165) is 24.0 Å². The summed E-state index contributed by atoms with van der Waals surface area (Å²) in [6.07, 6.45) is 3.20. The van der Waals surface area contributed by atoms with Crippen LogP contribution in [0.2, 0.25) is 0 Å². The molecule has 0 saturated heterocycles. The van der Waals surface area contributed by atoms with Crippen LogP contribution in [0, 0.1) is 0 Å². The lowest BCUT2D eigenvalue weighted by atomic mass is 9.85. The molecule has 102 valence electrons. The number of rotatable bonds is 4. The van der Waals surface area contributed by atoms with E-state index in [9.17, 15) is 8.42 Å². The van der Waals surface area contributed by atoms with E-state index in [1.54, 1.807) is 0 Å². The lowest BCUT2D eigenvalue weighted by Gasteiger charge is -2.23. The van der Waals surface area contributed by atoms with Gasteiger partial charge in [-0.05, 0) is 29.0 Å². The van der Waals surface area contributed by atoms with Crippen molar-refractivity contribution in [1.29, 1.82) is 0 Å². The molecule has 0 aliphatic rings. The Bertz CT molecular complexity index is 513. The third-order valence-electron chi connectivity index (χ3n) is 2.73. The van der Waals surface area contributed by atoms with Crippen molar-refractivity contribution in [1.82, 2.24) is 0 Å². The maximum absolute atomic E-state index is 11.4. The number of aryl methyl sites for hydroxylation is 1. The van der Waals surface area contributed by atoms with Crippen molar-refractivity contribution in [3.8, 4) is 0 Å². The van der Waals surface area contributed by atoms with Gasteiger partial charge in [-0.25, -0.2) is 8.42 Å². The molecule has 0 aliphatic carbocycles.